The Bertz CT molecular complexity index is 1140. The molecule has 1 amide bonds. The highest BCUT2D eigenvalue weighted by Crippen LogP contribution is 2.42. The normalized spacial score (nSPS) is 22.6. The third kappa shape index (κ3) is 3.99. The van der Waals surface area contributed by atoms with Crippen LogP contribution < -0.4 is 10.2 Å². The lowest BCUT2D eigenvalue weighted by atomic mass is 9.94. The van der Waals surface area contributed by atoms with Crippen LogP contribution in [0.2, 0.25) is 0 Å². The summed E-state index contributed by atoms with van der Waals surface area (Å²) in [4.78, 5) is 16.9. The Hall–Kier alpha value is -3.01. The molecule has 5 heteroatoms. The largest absolute Gasteiger partial charge is 0.348 e. The Morgan fingerprint density at radius 1 is 1.19 bits per heavy atom. The molecular formula is C26H25N3OS. The zero-order valence-electron chi connectivity index (χ0n) is 17.4. The number of amides is 1. The summed E-state index contributed by atoms with van der Waals surface area (Å²) in [6.07, 6.45) is 12.4. The molecule has 0 saturated heterocycles. The maximum absolute atomic E-state index is 12.9. The summed E-state index contributed by atoms with van der Waals surface area (Å²) in [7, 11) is 0. The van der Waals surface area contributed by atoms with E-state index in [2.05, 4.69) is 58.9 Å². The third-order valence-electron chi connectivity index (χ3n) is 6.18. The van der Waals surface area contributed by atoms with E-state index < -0.39 is 0 Å². The Kier molecular flexibility index (Phi) is 5.31. The van der Waals surface area contributed by atoms with Gasteiger partial charge in [-0.2, -0.15) is 0 Å². The second-order valence-corrected chi connectivity index (χ2v) is 9.37. The summed E-state index contributed by atoms with van der Waals surface area (Å²) < 4.78 is 0. The SMILES string of the molecule is C=C1C=CC(N2CCc3ccccc32)=C2C=C=C(C(=O)NC3CCC(=N)CC3)SC2=C1. The van der Waals surface area contributed by atoms with Gasteiger partial charge in [-0.3, -0.25) is 4.79 Å². The van der Waals surface area contributed by atoms with E-state index >= 15 is 0 Å². The van der Waals surface area contributed by atoms with Crippen LogP contribution in [0.5, 0.6) is 0 Å². The molecule has 1 aromatic carbocycles. The lowest BCUT2D eigenvalue weighted by Crippen LogP contribution is -2.38. The highest BCUT2D eigenvalue weighted by atomic mass is 32.2. The van der Waals surface area contributed by atoms with Crippen molar-refractivity contribution in [2.24, 2.45) is 0 Å². The Morgan fingerprint density at radius 2 is 2.00 bits per heavy atom. The van der Waals surface area contributed by atoms with E-state index in [1.165, 1.54) is 23.0 Å². The highest BCUT2D eigenvalue weighted by molar-refractivity contribution is 8.07. The van der Waals surface area contributed by atoms with Gasteiger partial charge in [0, 0.05) is 34.5 Å². The Morgan fingerprint density at radius 3 is 2.84 bits per heavy atom. The minimum absolute atomic E-state index is 0.0736. The minimum Gasteiger partial charge on any atom is -0.348 e. The van der Waals surface area contributed by atoms with Gasteiger partial charge in [-0.25, -0.2) is 0 Å². The lowest BCUT2D eigenvalue weighted by molar-refractivity contribution is -0.117. The molecule has 0 spiro atoms. The van der Waals surface area contributed by atoms with Crippen molar-refractivity contribution >= 4 is 29.1 Å². The summed E-state index contributed by atoms with van der Waals surface area (Å²) >= 11 is 1.47. The van der Waals surface area contributed by atoms with E-state index in [1.807, 2.05) is 12.2 Å². The molecule has 0 atom stereocenters. The second-order valence-electron chi connectivity index (χ2n) is 8.32. The van der Waals surface area contributed by atoms with E-state index in [4.69, 9.17) is 5.41 Å². The molecule has 156 valence electrons. The van der Waals surface area contributed by atoms with Gasteiger partial charge < -0.3 is 15.6 Å². The average Bonchev–Trinajstić information content (AvgIpc) is 3.12. The molecule has 2 aliphatic heterocycles. The fraction of sp³-hybridized carbons (Fsp3) is 0.269. The van der Waals surface area contributed by atoms with Crippen LogP contribution in [0, 0.1) is 5.41 Å². The van der Waals surface area contributed by atoms with Gasteiger partial charge >= 0.3 is 0 Å². The topological polar surface area (TPSA) is 56.2 Å². The van der Waals surface area contributed by atoms with E-state index in [1.54, 1.807) is 0 Å². The van der Waals surface area contributed by atoms with Crippen molar-refractivity contribution in [1.82, 2.24) is 5.32 Å². The van der Waals surface area contributed by atoms with Crippen LogP contribution >= 0.6 is 11.8 Å². The number of benzene rings is 1. The fourth-order valence-electron chi connectivity index (χ4n) is 4.50. The summed E-state index contributed by atoms with van der Waals surface area (Å²) in [5.74, 6) is -0.0736. The van der Waals surface area contributed by atoms with Crippen molar-refractivity contribution in [2.45, 2.75) is 38.1 Å². The quantitative estimate of drug-likeness (QED) is 0.654. The molecule has 1 aromatic rings. The summed E-state index contributed by atoms with van der Waals surface area (Å²) in [5, 5.41) is 10.9. The number of fused-ring (bicyclic) bond motifs is 2. The summed E-state index contributed by atoms with van der Waals surface area (Å²) in [5.41, 5.74) is 9.77. The number of nitrogens with one attached hydrogen (secondary N) is 2. The maximum Gasteiger partial charge on any atom is 0.266 e. The second kappa shape index (κ2) is 8.26. The number of para-hydroxylation sites is 1. The molecule has 0 bridgehead atoms. The van der Waals surface area contributed by atoms with Gasteiger partial charge in [-0.15, -0.1) is 0 Å². The number of carbonyl (C=O) groups is 1. The highest BCUT2D eigenvalue weighted by Gasteiger charge is 2.28. The summed E-state index contributed by atoms with van der Waals surface area (Å²) in [6, 6.07) is 8.68. The number of carbonyl (C=O) groups excluding carboxylic acids is 1. The average molecular weight is 428 g/mol. The molecule has 4 aliphatic rings. The molecule has 0 aromatic heterocycles. The number of hydrogen-bond donors (Lipinski definition) is 2. The molecule has 0 radical (unpaired) electrons. The number of nitrogens with zero attached hydrogens (tertiary/aromatic N) is 1. The van der Waals surface area contributed by atoms with Crippen molar-refractivity contribution in [3.05, 3.63) is 93.1 Å². The Labute approximate surface area is 187 Å². The van der Waals surface area contributed by atoms with Crippen LogP contribution in [0.25, 0.3) is 0 Å². The van der Waals surface area contributed by atoms with Crippen LogP contribution in [0.4, 0.5) is 5.69 Å². The number of rotatable bonds is 3. The molecule has 2 heterocycles. The molecule has 2 N–H and O–H groups in total. The number of thioether (sulfide) groups is 1. The molecule has 5 rings (SSSR count). The molecular weight excluding hydrogens is 402 g/mol. The number of hydrogen-bond acceptors (Lipinski definition) is 4. The minimum atomic E-state index is -0.0736. The van der Waals surface area contributed by atoms with Gasteiger partial charge in [0.1, 0.15) is 4.91 Å². The van der Waals surface area contributed by atoms with E-state index in [0.29, 0.717) is 4.91 Å². The van der Waals surface area contributed by atoms with E-state index in [9.17, 15) is 4.79 Å². The van der Waals surface area contributed by atoms with E-state index in [-0.39, 0.29) is 11.9 Å². The zero-order valence-corrected chi connectivity index (χ0v) is 18.2. The van der Waals surface area contributed by atoms with Crippen LogP contribution in [0.3, 0.4) is 0 Å². The van der Waals surface area contributed by atoms with Crippen molar-refractivity contribution in [2.75, 3.05) is 11.4 Å². The van der Waals surface area contributed by atoms with Gasteiger partial charge in [0.05, 0.1) is 5.70 Å². The zero-order chi connectivity index (χ0) is 21.4. The lowest BCUT2D eigenvalue weighted by Gasteiger charge is -2.26. The van der Waals surface area contributed by atoms with Gasteiger partial charge in [-0.1, -0.05) is 48.3 Å². The first-order valence-corrected chi connectivity index (χ1v) is 11.6. The number of allylic oxidation sites excluding steroid dienone is 5. The Balaban J connectivity index is 1.46. The van der Waals surface area contributed by atoms with Crippen molar-refractivity contribution in [3.8, 4) is 0 Å². The predicted molar refractivity (Wildman–Crippen MR) is 128 cm³/mol. The van der Waals surface area contributed by atoms with Crippen LogP contribution in [0.15, 0.2) is 87.5 Å². The van der Waals surface area contributed by atoms with Gasteiger partial charge in [0.2, 0.25) is 0 Å². The first-order valence-electron chi connectivity index (χ1n) is 10.8. The van der Waals surface area contributed by atoms with Crippen molar-refractivity contribution in [1.29, 1.82) is 5.41 Å². The predicted octanol–water partition coefficient (Wildman–Crippen LogP) is 5.18. The fourth-order valence-corrected chi connectivity index (χ4v) is 5.47. The van der Waals surface area contributed by atoms with Crippen LogP contribution in [-0.2, 0) is 11.2 Å². The smallest absolute Gasteiger partial charge is 0.266 e. The van der Waals surface area contributed by atoms with Gasteiger partial charge in [0.25, 0.3) is 5.91 Å². The van der Waals surface area contributed by atoms with Crippen molar-refractivity contribution < 1.29 is 4.79 Å². The molecule has 1 fully saturated rings. The monoisotopic (exact) mass is 427 g/mol. The first kappa shape index (κ1) is 19.9. The van der Waals surface area contributed by atoms with Crippen LogP contribution in [0.1, 0.15) is 31.2 Å². The molecule has 0 unspecified atom stereocenters. The van der Waals surface area contributed by atoms with Crippen LogP contribution in [-0.4, -0.2) is 24.2 Å². The standard InChI is InChI=1S/C26H25N3OS/c1-17-6-12-23(29-15-14-18-4-2-3-5-22(18)29)21-11-13-24(31-25(21)16-17)26(30)28-20-9-7-19(27)8-10-20/h2-6,11-12,16,20,27H,1,7-10,14-15H2,(H,28,30). The molecule has 31 heavy (non-hydrogen) atoms. The molecule has 4 nitrogen and oxygen atoms in total. The molecule has 1 saturated carbocycles. The van der Waals surface area contributed by atoms with Gasteiger partial charge in [0.15, 0.2) is 0 Å². The summed E-state index contributed by atoms with van der Waals surface area (Å²) in [6.45, 7) is 5.09. The van der Waals surface area contributed by atoms with Crippen molar-refractivity contribution in [3.63, 3.8) is 0 Å². The first-order chi connectivity index (χ1) is 15.1. The molecule has 2 aliphatic carbocycles. The maximum atomic E-state index is 12.9. The third-order valence-corrected chi connectivity index (χ3v) is 7.25. The van der Waals surface area contributed by atoms with E-state index in [0.717, 1.165) is 66.1 Å². The number of anilines is 1. The van der Waals surface area contributed by atoms with Gasteiger partial charge in [-0.05, 0) is 67.5 Å².